The van der Waals surface area contributed by atoms with Gasteiger partial charge in [0.25, 0.3) is 0 Å². The van der Waals surface area contributed by atoms with Crippen molar-refractivity contribution < 1.29 is 4.74 Å². The van der Waals surface area contributed by atoms with Gasteiger partial charge in [0.2, 0.25) is 0 Å². The Balaban J connectivity index is 2.50. The van der Waals surface area contributed by atoms with Crippen LogP contribution in [-0.2, 0) is 0 Å². The molecule has 0 aliphatic heterocycles. The van der Waals surface area contributed by atoms with Crippen LogP contribution >= 0.6 is 11.3 Å². The first-order valence-corrected chi connectivity index (χ1v) is 7.65. The van der Waals surface area contributed by atoms with Crippen LogP contribution in [0, 0.1) is 13.8 Å². The fraction of sp³-hybridized carbons (Fsp3) is 0.533. The Hall–Kier alpha value is -1.29. The third-order valence-electron chi connectivity index (χ3n) is 2.87. The molecule has 1 N–H and O–H groups in total. The number of nitrogens with one attached hydrogen (secondary N) is 1. The Morgan fingerprint density at radius 1 is 1.32 bits per heavy atom. The van der Waals surface area contributed by atoms with Gasteiger partial charge >= 0.3 is 0 Å². The third kappa shape index (κ3) is 3.00. The Morgan fingerprint density at radius 2 is 2.05 bits per heavy atom. The van der Waals surface area contributed by atoms with E-state index in [0.29, 0.717) is 0 Å². The largest absolute Gasteiger partial charge is 0.488 e. The summed E-state index contributed by atoms with van der Waals surface area (Å²) in [5.41, 5.74) is 3.42. The standard InChI is InChI=1S/C15H22N2OS/c1-6-7-16-15-17-12-13(18-9(2)3)10(4)8-11(5)14(12)19-15/h8-9H,6-7H2,1-5H3,(H,16,17). The van der Waals surface area contributed by atoms with Crippen LogP contribution in [-0.4, -0.2) is 17.6 Å². The highest BCUT2D eigenvalue weighted by Crippen LogP contribution is 2.37. The smallest absolute Gasteiger partial charge is 0.183 e. The van der Waals surface area contributed by atoms with Crippen molar-refractivity contribution >= 4 is 26.7 Å². The molecule has 2 aromatic rings. The molecule has 0 saturated heterocycles. The SMILES string of the molecule is CCCNc1nc2c(OC(C)C)c(C)cc(C)c2s1. The van der Waals surface area contributed by atoms with Gasteiger partial charge in [-0.05, 0) is 45.2 Å². The van der Waals surface area contributed by atoms with Crippen molar-refractivity contribution in [1.29, 1.82) is 0 Å². The van der Waals surface area contributed by atoms with E-state index in [-0.39, 0.29) is 6.10 Å². The number of benzene rings is 1. The van der Waals surface area contributed by atoms with Gasteiger partial charge in [0.15, 0.2) is 5.13 Å². The molecule has 1 heterocycles. The molecular formula is C15H22N2OS. The van der Waals surface area contributed by atoms with E-state index in [1.54, 1.807) is 11.3 Å². The quantitative estimate of drug-likeness (QED) is 0.873. The van der Waals surface area contributed by atoms with Gasteiger partial charge in [-0.3, -0.25) is 0 Å². The fourth-order valence-electron chi connectivity index (χ4n) is 2.08. The maximum atomic E-state index is 5.95. The lowest BCUT2D eigenvalue weighted by atomic mass is 10.1. The van der Waals surface area contributed by atoms with Gasteiger partial charge < -0.3 is 10.1 Å². The molecule has 0 fully saturated rings. The van der Waals surface area contributed by atoms with Crippen LogP contribution in [0.15, 0.2) is 6.07 Å². The third-order valence-corrected chi connectivity index (χ3v) is 4.02. The summed E-state index contributed by atoms with van der Waals surface area (Å²) in [6.45, 7) is 11.4. The summed E-state index contributed by atoms with van der Waals surface area (Å²) in [4.78, 5) is 4.71. The number of anilines is 1. The number of fused-ring (bicyclic) bond motifs is 1. The monoisotopic (exact) mass is 278 g/mol. The summed E-state index contributed by atoms with van der Waals surface area (Å²) in [6, 6.07) is 2.18. The molecular weight excluding hydrogens is 256 g/mol. The highest BCUT2D eigenvalue weighted by molar-refractivity contribution is 7.22. The lowest BCUT2D eigenvalue weighted by molar-refractivity contribution is 0.243. The molecule has 0 atom stereocenters. The van der Waals surface area contributed by atoms with E-state index in [9.17, 15) is 0 Å². The van der Waals surface area contributed by atoms with Gasteiger partial charge in [0, 0.05) is 6.54 Å². The van der Waals surface area contributed by atoms with Gasteiger partial charge in [0.05, 0.1) is 10.8 Å². The second-order valence-electron chi connectivity index (χ2n) is 5.13. The highest BCUT2D eigenvalue weighted by atomic mass is 32.1. The fourth-order valence-corrected chi connectivity index (χ4v) is 3.04. The van der Waals surface area contributed by atoms with Crippen molar-refractivity contribution in [3.63, 3.8) is 0 Å². The molecule has 0 saturated carbocycles. The van der Waals surface area contributed by atoms with Gasteiger partial charge in [0.1, 0.15) is 11.3 Å². The van der Waals surface area contributed by atoms with Gasteiger partial charge in [-0.15, -0.1) is 0 Å². The van der Waals surface area contributed by atoms with Crippen LogP contribution in [0.4, 0.5) is 5.13 Å². The predicted octanol–water partition coefficient (Wildman–Crippen LogP) is 4.52. The summed E-state index contributed by atoms with van der Waals surface area (Å²) in [5, 5.41) is 4.35. The Bertz CT molecular complexity index is 575. The number of hydrogen-bond acceptors (Lipinski definition) is 4. The van der Waals surface area contributed by atoms with Crippen LogP contribution in [0.5, 0.6) is 5.75 Å². The number of aromatic nitrogens is 1. The van der Waals surface area contributed by atoms with E-state index in [0.717, 1.165) is 34.9 Å². The zero-order valence-corrected chi connectivity index (χ0v) is 13.1. The van der Waals surface area contributed by atoms with Crippen LogP contribution < -0.4 is 10.1 Å². The molecule has 104 valence electrons. The second-order valence-corrected chi connectivity index (χ2v) is 6.13. The molecule has 3 nitrogen and oxygen atoms in total. The summed E-state index contributed by atoms with van der Waals surface area (Å²) in [7, 11) is 0. The number of nitrogens with zero attached hydrogens (tertiary/aromatic N) is 1. The van der Waals surface area contributed by atoms with Gasteiger partial charge in [-0.2, -0.15) is 0 Å². The Kier molecular flexibility index (Phi) is 4.30. The van der Waals surface area contributed by atoms with Crippen molar-refractivity contribution in [2.24, 2.45) is 0 Å². The molecule has 2 rings (SSSR count). The summed E-state index contributed by atoms with van der Waals surface area (Å²) < 4.78 is 7.17. The lowest BCUT2D eigenvalue weighted by Gasteiger charge is -2.13. The minimum absolute atomic E-state index is 0.165. The highest BCUT2D eigenvalue weighted by Gasteiger charge is 2.15. The Labute approximate surface area is 119 Å². The molecule has 0 bridgehead atoms. The van der Waals surface area contributed by atoms with Crippen molar-refractivity contribution in [2.75, 3.05) is 11.9 Å². The zero-order valence-electron chi connectivity index (χ0n) is 12.3. The molecule has 0 aliphatic carbocycles. The van der Waals surface area contributed by atoms with E-state index < -0.39 is 0 Å². The van der Waals surface area contributed by atoms with Crippen molar-refractivity contribution in [3.8, 4) is 5.75 Å². The second kappa shape index (κ2) is 5.78. The number of ether oxygens (including phenoxy) is 1. The number of aryl methyl sites for hydroxylation is 2. The Morgan fingerprint density at radius 3 is 2.68 bits per heavy atom. The van der Waals surface area contributed by atoms with E-state index >= 15 is 0 Å². The minimum Gasteiger partial charge on any atom is -0.488 e. The maximum Gasteiger partial charge on any atom is 0.183 e. The lowest BCUT2D eigenvalue weighted by Crippen LogP contribution is -2.07. The predicted molar refractivity (Wildman–Crippen MR) is 83.6 cm³/mol. The average molecular weight is 278 g/mol. The summed E-state index contributed by atoms with van der Waals surface area (Å²) in [6.07, 6.45) is 1.27. The average Bonchev–Trinajstić information content (AvgIpc) is 2.76. The minimum atomic E-state index is 0.165. The molecule has 0 aliphatic rings. The van der Waals surface area contributed by atoms with E-state index in [1.165, 1.54) is 10.3 Å². The molecule has 19 heavy (non-hydrogen) atoms. The van der Waals surface area contributed by atoms with Crippen molar-refractivity contribution in [3.05, 3.63) is 17.2 Å². The van der Waals surface area contributed by atoms with Crippen LogP contribution in [0.2, 0.25) is 0 Å². The van der Waals surface area contributed by atoms with Crippen LogP contribution in [0.3, 0.4) is 0 Å². The van der Waals surface area contributed by atoms with Crippen LogP contribution in [0.25, 0.3) is 10.2 Å². The molecule has 4 heteroatoms. The summed E-state index contributed by atoms with van der Waals surface area (Å²) in [5.74, 6) is 0.927. The molecule has 0 spiro atoms. The first kappa shape index (κ1) is 14.1. The number of thiazole rings is 1. The van der Waals surface area contributed by atoms with Gasteiger partial charge in [-0.1, -0.05) is 24.3 Å². The summed E-state index contributed by atoms with van der Waals surface area (Å²) >= 11 is 1.71. The van der Waals surface area contributed by atoms with Crippen molar-refractivity contribution in [2.45, 2.75) is 47.1 Å². The van der Waals surface area contributed by atoms with E-state index in [4.69, 9.17) is 9.72 Å². The zero-order chi connectivity index (χ0) is 14.0. The molecule has 0 unspecified atom stereocenters. The van der Waals surface area contributed by atoms with Crippen molar-refractivity contribution in [1.82, 2.24) is 4.98 Å². The van der Waals surface area contributed by atoms with E-state index in [2.05, 4.69) is 32.2 Å². The molecule has 0 radical (unpaired) electrons. The normalized spacial score (nSPS) is 11.3. The molecule has 1 aromatic carbocycles. The maximum absolute atomic E-state index is 5.95. The van der Waals surface area contributed by atoms with E-state index in [1.807, 2.05) is 13.8 Å². The molecule has 0 amide bonds. The number of hydrogen-bond donors (Lipinski definition) is 1. The van der Waals surface area contributed by atoms with Crippen LogP contribution in [0.1, 0.15) is 38.3 Å². The topological polar surface area (TPSA) is 34.2 Å². The van der Waals surface area contributed by atoms with Gasteiger partial charge in [-0.25, -0.2) is 4.98 Å². The number of rotatable bonds is 5. The molecule has 1 aromatic heterocycles. The first-order chi connectivity index (χ1) is 9.02. The first-order valence-electron chi connectivity index (χ1n) is 6.84.